The quantitative estimate of drug-likeness (QED) is 0.0385. The van der Waals surface area contributed by atoms with E-state index in [1.54, 1.807) is 0 Å². The first kappa shape index (κ1) is 45.0. The van der Waals surface area contributed by atoms with Crippen molar-refractivity contribution in [2.75, 3.05) is 6.61 Å². The highest BCUT2D eigenvalue weighted by molar-refractivity contribution is 7.64. The largest absolute Gasteiger partial charge is 0.396 e. The standard InChI is InChI=1S/C39H79Cl3OSi/c40-44(41,42)39-37-35-33-31-29-27-25-23-21-19-17-15-13-11-9-7-5-3-1-2-4-6-8-10-12-14-16-18-20-22-24-26-28-30-32-34-36-38-43/h43H,1-39H2. The summed E-state index contributed by atoms with van der Waals surface area (Å²) in [5, 5.41) is 8.80. The van der Waals surface area contributed by atoms with E-state index in [0.29, 0.717) is 6.61 Å². The predicted molar refractivity (Wildman–Crippen MR) is 206 cm³/mol. The van der Waals surface area contributed by atoms with Crippen molar-refractivity contribution in [1.29, 1.82) is 0 Å². The molecule has 0 aromatic heterocycles. The van der Waals surface area contributed by atoms with Crippen LogP contribution >= 0.6 is 33.2 Å². The minimum absolute atomic E-state index is 0.371. The van der Waals surface area contributed by atoms with Gasteiger partial charge in [0.05, 0.1) is 0 Å². The average Bonchev–Trinajstić information content (AvgIpc) is 3.00. The van der Waals surface area contributed by atoms with Gasteiger partial charge in [-0.1, -0.05) is 231 Å². The van der Waals surface area contributed by atoms with Crippen LogP contribution in [-0.4, -0.2) is 17.7 Å². The summed E-state index contributed by atoms with van der Waals surface area (Å²) in [7, 11) is 0. The first-order valence-electron chi connectivity index (χ1n) is 20.2. The summed E-state index contributed by atoms with van der Waals surface area (Å²) in [4.78, 5) is 0. The zero-order valence-corrected chi connectivity index (χ0v) is 32.9. The molecule has 0 heterocycles. The number of aliphatic hydroxyl groups excluding tert-OH is 1. The van der Waals surface area contributed by atoms with Crippen LogP contribution in [0.25, 0.3) is 0 Å². The molecule has 266 valence electrons. The molecule has 0 atom stereocenters. The van der Waals surface area contributed by atoms with Gasteiger partial charge in [-0.25, -0.2) is 0 Å². The number of rotatable bonds is 39. The van der Waals surface area contributed by atoms with Crippen molar-refractivity contribution >= 4 is 39.2 Å². The molecule has 0 saturated carbocycles. The van der Waals surface area contributed by atoms with Gasteiger partial charge in [0.2, 0.25) is 0 Å². The Hall–Kier alpha value is 1.05. The lowest BCUT2D eigenvalue weighted by Gasteiger charge is -2.07. The topological polar surface area (TPSA) is 20.2 Å². The maximum absolute atomic E-state index is 8.80. The SMILES string of the molecule is OCCCCCCCCCCCCCCCCCCCCCCCCCCCCCCCCCCCCCCC[Si](Cl)(Cl)Cl. The Morgan fingerprint density at radius 3 is 0.500 bits per heavy atom. The number of halogens is 3. The molecule has 0 unspecified atom stereocenters. The van der Waals surface area contributed by atoms with Crippen LogP contribution in [0.1, 0.15) is 238 Å². The van der Waals surface area contributed by atoms with E-state index in [9.17, 15) is 0 Å². The Bertz CT molecular complexity index is 514. The van der Waals surface area contributed by atoms with Crippen LogP contribution in [0.15, 0.2) is 0 Å². The molecule has 1 N–H and O–H groups in total. The first-order chi connectivity index (χ1) is 21.6. The van der Waals surface area contributed by atoms with E-state index in [0.717, 1.165) is 18.9 Å². The first-order valence-corrected chi connectivity index (χ1v) is 25.5. The Labute approximate surface area is 293 Å². The molecular weight excluding hydrogens is 619 g/mol. The van der Waals surface area contributed by atoms with Crippen LogP contribution in [0.2, 0.25) is 6.04 Å². The molecule has 0 rings (SSSR count). The van der Waals surface area contributed by atoms with Gasteiger partial charge in [-0.2, -0.15) is 0 Å². The second-order valence-corrected chi connectivity index (χ2v) is 23.4. The molecular formula is C39H79Cl3OSi. The maximum atomic E-state index is 8.80. The predicted octanol–water partition coefficient (Wildman–Crippen LogP) is 16.1. The Morgan fingerprint density at radius 2 is 0.364 bits per heavy atom. The van der Waals surface area contributed by atoms with E-state index in [4.69, 9.17) is 38.3 Å². The summed E-state index contributed by atoms with van der Waals surface area (Å²) in [6, 6.07) is -1.54. The minimum Gasteiger partial charge on any atom is -0.396 e. The fraction of sp³-hybridized carbons (Fsp3) is 1.00. The van der Waals surface area contributed by atoms with Crippen molar-refractivity contribution in [3.63, 3.8) is 0 Å². The fourth-order valence-electron chi connectivity index (χ4n) is 6.62. The second-order valence-electron chi connectivity index (χ2n) is 14.2. The van der Waals surface area contributed by atoms with E-state index in [1.165, 1.54) is 225 Å². The number of hydrogen-bond acceptors (Lipinski definition) is 1. The van der Waals surface area contributed by atoms with Gasteiger partial charge >= 0.3 is 6.00 Å². The third kappa shape index (κ3) is 43.0. The average molecular weight is 699 g/mol. The highest BCUT2D eigenvalue weighted by Crippen LogP contribution is 2.27. The summed E-state index contributed by atoms with van der Waals surface area (Å²) in [6.07, 6.45) is 52.1. The zero-order valence-electron chi connectivity index (χ0n) is 29.7. The molecule has 0 fully saturated rings. The lowest BCUT2D eigenvalue weighted by Crippen LogP contribution is -2.07. The van der Waals surface area contributed by atoms with Gasteiger partial charge in [-0.15, -0.1) is 33.2 Å². The van der Waals surface area contributed by atoms with Crippen molar-refractivity contribution in [3.05, 3.63) is 0 Å². The summed E-state index contributed by atoms with van der Waals surface area (Å²) >= 11 is 17.8. The molecule has 5 heteroatoms. The molecule has 0 spiro atoms. The van der Waals surface area contributed by atoms with Gasteiger partial charge in [0.1, 0.15) is 0 Å². The molecule has 0 bridgehead atoms. The summed E-state index contributed by atoms with van der Waals surface area (Å²) in [6.45, 7) is 0.371. The van der Waals surface area contributed by atoms with Crippen molar-refractivity contribution < 1.29 is 5.11 Å². The lowest BCUT2D eigenvalue weighted by atomic mass is 10.0. The highest BCUT2D eigenvalue weighted by Gasteiger charge is 2.23. The fourth-order valence-corrected chi connectivity index (χ4v) is 8.48. The van der Waals surface area contributed by atoms with Crippen molar-refractivity contribution in [3.8, 4) is 0 Å². The van der Waals surface area contributed by atoms with Crippen LogP contribution in [0.5, 0.6) is 0 Å². The van der Waals surface area contributed by atoms with E-state index in [1.807, 2.05) is 0 Å². The Kier molecular flexibility index (Phi) is 39.4. The second kappa shape index (κ2) is 38.5. The van der Waals surface area contributed by atoms with Crippen LogP contribution < -0.4 is 0 Å². The van der Waals surface area contributed by atoms with Crippen molar-refractivity contribution in [2.24, 2.45) is 0 Å². The van der Waals surface area contributed by atoms with Crippen LogP contribution in [0, 0.1) is 0 Å². The third-order valence-corrected chi connectivity index (χ3v) is 12.2. The van der Waals surface area contributed by atoms with Gasteiger partial charge in [0.25, 0.3) is 0 Å². The summed E-state index contributed by atoms with van der Waals surface area (Å²) in [5.74, 6) is 0. The Balaban J connectivity index is 3.05. The summed E-state index contributed by atoms with van der Waals surface area (Å²) < 4.78 is 0. The molecule has 0 radical (unpaired) electrons. The third-order valence-electron chi connectivity index (χ3n) is 9.62. The highest BCUT2D eigenvalue weighted by atomic mass is 35.8. The van der Waals surface area contributed by atoms with E-state index >= 15 is 0 Å². The smallest absolute Gasteiger partial charge is 0.341 e. The molecule has 0 aromatic carbocycles. The van der Waals surface area contributed by atoms with Crippen LogP contribution in [-0.2, 0) is 0 Å². The zero-order chi connectivity index (χ0) is 32.1. The van der Waals surface area contributed by atoms with Crippen LogP contribution in [0.4, 0.5) is 0 Å². The van der Waals surface area contributed by atoms with Gasteiger partial charge in [0, 0.05) is 6.61 Å². The maximum Gasteiger partial charge on any atom is 0.341 e. The van der Waals surface area contributed by atoms with E-state index in [-0.39, 0.29) is 0 Å². The molecule has 0 aliphatic heterocycles. The molecule has 0 saturated heterocycles. The summed E-state index contributed by atoms with van der Waals surface area (Å²) in [5.41, 5.74) is 0. The normalized spacial score (nSPS) is 12.0. The van der Waals surface area contributed by atoms with Crippen LogP contribution in [0.3, 0.4) is 0 Å². The van der Waals surface area contributed by atoms with Gasteiger partial charge in [0.15, 0.2) is 0 Å². The van der Waals surface area contributed by atoms with E-state index in [2.05, 4.69) is 0 Å². The van der Waals surface area contributed by atoms with Gasteiger partial charge in [-0.05, 0) is 12.5 Å². The van der Waals surface area contributed by atoms with Crippen molar-refractivity contribution in [1.82, 2.24) is 0 Å². The molecule has 0 amide bonds. The van der Waals surface area contributed by atoms with Gasteiger partial charge < -0.3 is 5.11 Å². The minimum atomic E-state index is -2.37. The Morgan fingerprint density at radius 1 is 0.227 bits per heavy atom. The molecule has 0 aliphatic rings. The lowest BCUT2D eigenvalue weighted by molar-refractivity contribution is 0.282. The van der Waals surface area contributed by atoms with Crippen molar-refractivity contribution in [2.45, 2.75) is 244 Å². The number of hydrogen-bond donors (Lipinski definition) is 1. The number of unbranched alkanes of at least 4 members (excludes halogenated alkanes) is 36. The van der Waals surface area contributed by atoms with E-state index < -0.39 is 6.00 Å². The number of aliphatic hydroxyl groups is 1. The molecule has 0 aliphatic carbocycles. The molecule has 44 heavy (non-hydrogen) atoms. The molecule has 1 nitrogen and oxygen atoms in total. The monoisotopic (exact) mass is 696 g/mol. The molecule has 0 aromatic rings. The van der Waals surface area contributed by atoms with Gasteiger partial charge in [-0.3, -0.25) is 0 Å².